The Bertz CT molecular complexity index is 369. The van der Waals surface area contributed by atoms with E-state index in [0.29, 0.717) is 0 Å². The molecular weight excluding hydrogens is 197 g/mol. The molecule has 76 valence electrons. The molecule has 0 aliphatic carbocycles. The van der Waals surface area contributed by atoms with Gasteiger partial charge in [0.1, 0.15) is 5.75 Å². The molecule has 0 radical (unpaired) electrons. The van der Waals surface area contributed by atoms with Crippen LogP contribution in [0.5, 0.6) is 5.75 Å². The van der Waals surface area contributed by atoms with Crippen molar-refractivity contribution in [3.8, 4) is 5.75 Å². The van der Waals surface area contributed by atoms with Crippen LogP contribution in [0.2, 0.25) is 0 Å². The molecule has 2 nitrogen and oxygen atoms in total. The number of hydrogen-bond acceptors (Lipinski definition) is 2. The first kappa shape index (κ1) is 10.6. The summed E-state index contributed by atoms with van der Waals surface area (Å²) in [6, 6.07) is 3.29. The standard InChI is InChI=1S/C9H7F3O2/c1-5-2-3-6(13)4-7(5)8(14)9(10,11)12/h2-4,13H,1H3. The summed E-state index contributed by atoms with van der Waals surface area (Å²) >= 11 is 0. The Hall–Kier alpha value is -1.52. The molecule has 0 saturated carbocycles. The molecule has 0 unspecified atom stereocenters. The number of benzene rings is 1. The number of rotatable bonds is 1. The van der Waals surface area contributed by atoms with E-state index in [0.717, 1.165) is 6.07 Å². The van der Waals surface area contributed by atoms with Gasteiger partial charge in [0.25, 0.3) is 5.78 Å². The predicted octanol–water partition coefficient (Wildman–Crippen LogP) is 2.45. The highest BCUT2D eigenvalue weighted by Gasteiger charge is 2.40. The molecule has 1 aromatic carbocycles. The molecule has 0 heterocycles. The third-order valence-corrected chi connectivity index (χ3v) is 1.72. The minimum atomic E-state index is -4.90. The van der Waals surface area contributed by atoms with Gasteiger partial charge in [0.05, 0.1) is 0 Å². The topological polar surface area (TPSA) is 37.3 Å². The normalized spacial score (nSPS) is 11.4. The highest BCUT2D eigenvalue weighted by molar-refractivity contribution is 6.01. The molecule has 0 aliphatic heterocycles. The fourth-order valence-electron chi connectivity index (χ4n) is 1.01. The first-order valence-corrected chi connectivity index (χ1v) is 3.73. The molecule has 0 aromatic heterocycles. The Morgan fingerprint density at radius 2 is 1.93 bits per heavy atom. The van der Waals surface area contributed by atoms with Gasteiger partial charge in [-0.15, -0.1) is 0 Å². The first-order chi connectivity index (χ1) is 6.32. The van der Waals surface area contributed by atoms with Crippen molar-refractivity contribution in [3.63, 3.8) is 0 Å². The van der Waals surface area contributed by atoms with Gasteiger partial charge in [-0.25, -0.2) is 0 Å². The van der Waals surface area contributed by atoms with Gasteiger partial charge < -0.3 is 5.11 Å². The number of aromatic hydroxyl groups is 1. The van der Waals surface area contributed by atoms with Crippen molar-refractivity contribution in [2.45, 2.75) is 13.1 Å². The van der Waals surface area contributed by atoms with Crippen molar-refractivity contribution >= 4 is 5.78 Å². The van der Waals surface area contributed by atoms with Crippen LogP contribution in [0.1, 0.15) is 15.9 Å². The number of aryl methyl sites for hydroxylation is 1. The molecule has 1 rings (SSSR count). The van der Waals surface area contributed by atoms with Gasteiger partial charge in [0.15, 0.2) is 0 Å². The Balaban J connectivity index is 3.19. The second-order valence-corrected chi connectivity index (χ2v) is 2.83. The summed E-state index contributed by atoms with van der Waals surface area (Å²) in [6.45, 7) is 1.37. The average molecular weight is 204 g/mol. The van der Waals surface area contributed by atoms with Crippen LogP contribution in [0.25, 0.3) is 0 Å². The molecule has 0 atom stereocenters. The fourth-order valence-corrected chi connectivity index (χ4v) is 1.01. The van der Waals surface area contributed by atoms with E-state index in [1.807, 2.05) is 0 Å². The minimum absolute atomic E-state index is 0.185. The Labute approximate surface area is 78.0 Å². The average Bonchev–Trinajstić information content (AvgIpc) is 2.06. The van der Waals surface area contributed by atoms with Crippen LogP contribution in [0.3, 0.4) is 0 Å². The van der Waals surface area contributed by atoms with Crippen molar-refractivity contribution in [2.75, 3.05) is 0 Å². The van der Waals surface area contributed by atoms with Crippen LogP contribution in [0, 0.1) is 6.92 Å². The van der Waals surface area contributed by atoms with E-state index < -0.39 is 17.5 Å². The molecule has 0 aliphatic rings. The zero-order valence-electron chi connectivity index (χ0n) is 7.22. The van der Waals surface area contributed by atoms with Gasteiger partial charge in [-0.3, -0.25) is 4.79 Å². The van der Waals surface area contributed by atoms with Crippen molar-refractivity contribution in [2.24, 2.45) is 0 Å². The maximum absolute atomic E-state index is 12.0. The largest absolute Gasteiger partial charge is 0.508 e. The van der Waals surface area contributed by atoms with E-state index >= 15 is 0 Å². The lowest BCUT2D eigenvalue weighted by Crippen LogP contribution is -2.23. The fraction of sp³-hybridized carbons (Fsp3) is 0.222. The molecule has 0 bridgehead atoms. The monoisotopic (exact) mass is 204 g/mol. The number of ketones is 1. The number of alkyl halides is 3. The van der Waals surface area contributed by atoms with Gasteiger partial charge in [-0.1, -0.05) is 6.07 Å². The van der Waals surface area contributed by atoms with Gasteiger partial charge >= 0.3 is 6.18 Å². The lowest BCUT2D eigenvalue weighted by molar-refractivity contribution is -0.0885. The van der Waals surface area contributed by atoms with Crippen LogP contribution < -0.4 is 0 Å². The Morgan fingerprint density at radius 1 is 1.36 bits per heavy atom. The highest BCUT2D eigenvalue weighted by Crippen LogP contribution is 2.25. The van der Waals surface area contributed by atoms with Crippen LogP contribution in [-0.2, 0) is 0 Å². The van der Waals surface area contributed by atoms with Crippen LogP contribution in [0.4, 0.5) is 13.2 Å². The number of Topliss-reactive ketones (excluding diaryl/α,β-unsaturated/α-hetero) is 1. The van der Waals surface area contributed by atoms with Gasteiger partial charge in [-0.05, 0) is 24.6 Å². The minimum Gasteiger partial charge on any atom is -0.508 e. The number of phenols is 1. The van der Waals surface area contributed by atoms with E-state index in [4.69, 9.17) is 5.11 Å². The lowest BCUT2D eigenvalue weighted by Gasteiger charge is -2.07. The molecule has 0 spiro atoms. The van der Waals surface area contributed by atoms with Crippen LogP contribution >= 0.6 is 0 Å². The zero-order chi connectivity index (χ0) is 10.9. The van der Waals surface area contributed by atoms with Crippen LogP contribution in [0.15, 0.2) is 18.2 Å². The predicted molar refractivity (Wildman–Crippen MR) is 43.2 cm³/mol. The maximum Gasteiger partial charge on any atom is 0.454 e. The van der Waals surface area contributed by atoms with Gasteiger partial charge in [0, 0.05) is 5.56 Å². The highest BCUT2D eigenvalue weighted by atomic mass is 19.4. The molecule has 5 heteroatoms. The quantitative estimate of drug-likeness (QED) is 0.713. The van der Waals surface area contributed by atoms with Crippen molar-refractivity contribution < 1.29 is 23.1 Å². The van der Waals surface area contributed by atoms with Crippen molar-refractivity contribution in [3.05, 3.63) is 29.3 Å². The third kappa shape index (κ3) is 2.04. The molecule has 0 fully saturated rings. The summed E-state index contributed by atoms with van der Waals surface area (Å²) in [5.41, 5.74) is -0.331. The van der Waals surface area contributed by atoms with E-state index in [1.54, 1.807) is 0 Å². The second-order valence-electron chi connectivity index (χ2n) is 2.83. The summed E-state index contributed by atoms with van der Waals surface area (Å²) < 4.78 is 36.0. The SMILES string of the molecule is Cc1ccc(O)cc1C(=O)C(F)(F)F. The van der Waals surface area contributed by atoms with Gasteiger partial charge in [0.2, 0.25) is 0 Å². The Kier molecular flexibility index (Phi) is 2.51. The molecule has 1 aromatic rings. The summed E-state index contributed by atoms with van der Waals surface area (Å²) in [6.07, 6.45) is -4.90. The smallest absolute Gasteiger partial charge is 0.454 e. The van der Waals surface area contributed by atoms with Crippen molar-refractivity contribution in [1.82, 2.24) is 0 Å². The molecule has 0 amide bonds. The number of halogens is 3. The summed E-state index contributed by atoms with van der Waals surface area (Å²) in [5.74, 6) is -2.30. The lowest BCUT2D eigenvalue weighted by atomic mass is 10.0. The van der Waals surface area contributed by atoms with E-state index in [1.165, 1.54) is 19.1 Å². The summed E-state index contributed by atoms with van der Waals surface area (Å²) in [4.78, 5) is 10.8. The zero-order valence-corrected chi connectivity index (χ0v) is 7.22. The Morgan fingerprint density at radius 3 is 2.43 bits per heavy atom. The van der Waals surface area contributed by atoms with E-state index in [-0.39, 0.29) is 11.3 Å². The second kappa shape index (κ2) is 3.32. The third-order valence-electron chi connectivity index (χ3n) is 1.72. The molecule has 0 saturated heterocycles. The molecule has 14 heavy (non-hydrogen) atoms. The molecular formula is C9H7F3O2. The van der Waals surface area contributed by atoms with Crippen LogP contribution in [-0.4, -0.2) is 17.1 Å². The number of carbonyl (C=O) groups excluding carboxylic acids is 1. The number of phenolic OH excluding ortho intramolecular Hbond substituents is 1. The number of hydrogen-bond donors (Lipinski definition) is 1. The van der Waals surface area contributed by atoms with E-state index in [2.05, 4.69) is 0 Å². The van der Waals surface area contributed by atoms with Gasteiger partial charge in [-0.2, -0.15) is 13.2 Å². The summed E-state index contributed by atoms with van der Waals surface area (Å²) in [5, 5.41) is 8.93. The number of carbonyl (C=O) groups is 1. The maximum atomic E-state index is 12.0. The summed E-state index contributed by atoms with van der Waals surface area (Å²) in [7, 11) is 0. The first-order valence-electron chi connectivity index (χ1n) is 3.73. The molecule has 1 N–H and O–H groups in total. The van der Waals surface area contributed by atoms with Crippen molar-refractivity contribution in [1.29, 1.82) is 0 Å². The van der Waals surface area contributed by atoms with E-state index in [9.17, 15) is 18.0 Å².